The number of aromatic nitrogens is 2. The maximum Gasteiger partial charge on any atom is 0.416 e. The van der Waals surface area contributed by atoms with Crippen LogP contribution in [-0.4, -0.2) is 52.7 Å². The third-order valence-corrected chi connectivity index (χ3v) is 5.72. The molecule has 2 fully saturated rings. The van der Waals surface area contributed by atoms with E-state index < -0.39 is 17.6 Å². The van der Waals surface area contributed by atoms with Crippen molar-refractivity contribution >= 4 is 5.95 Å². The molecule has 29 heavy (non-hydrogen) atoms. The van der Waals surface area contributed by atoms with E-state index >= 15 is 0 Å². The smallest absolute Gasteiger partial charge is 0.416 e. The minimum absolute atomic E-state index is 0.0659. The molecule has 0 amide bonds. The van der Waals surface area contributed by atoms with Crippen LogP contribution in [0.5, 0.6) is 5.75 Å². The molecule has 1 aromatic carbocycles. The topological polar surface area (TPSA) is 41.5 Å². The number of hydrogen-bond donors (Lipinski definition) is 0. The quantitative estimate of drug-likeness (QED) is 0.721. The molecule has 2 aliphatic rings. The summed E-state index contributed by atoms with van der Waals surface area (Å²) in [5.74, 6) is 0.524. The SMILES string of the molecule is CC1[C@@H]2CC[C@@H](Oc3ccc(C(F)(F)F)cc3)CN2CCN1c1ncc(F)cn1. The molecular weight excluding hydrogens is 388 g/mol. The van der Waals surface area contributed by atoms with Crippen LogP contribution in [-0.2, 0) is 6.18 Å². The molecule has 0 saturated carbocycles. The molecule has 9 heteroatoms. The van der Waals surface area contributed by atoms with Crippen molar-refractivity contribution in [2.45, 2.75) is 44.1 Å². The molecule has 2 aliphatic heterocycles. The number of rotatable bonds is 3. The number of anilines is 1. The maximum absolute atomic E-state index is 13.1. The van der Waals surface area contributed by atoms with Crippen LogP contribution in [0.25, 0.3) is 0 Å². The summed E-state index contributed by atoms with van der Waals surface area (Å²) >= 11 is 0. The molecule has 1 aromatic heterocycles. The van der Waals surface area contributed by atoms with E-state index in [1.54, 1.807) is 0 Å². The van der Waals surface area contributed by atoms with Gasteiger partial charge < -0.3 is 9.64 Å². The van der Waals surface area contributed by atoms with Crippen molar-refractivity contribution in [3.63, 3.8) is 0 Å². The van der Waals surface area contributed by atoms with Gasteiger partial charge in [0.05, 0.1) is 18.0 Å². The zero-order chi connectivity index (χ0) is 20.6. The predicted octanol–water partition coefficient (Wildman–Crippen LogP) is 3.76. The first-order chi connectivity index (χ1) is 13.8. The summed E-state index contributed by atoms with van der Waals surface area (Å²) < 4.78 is 57.1. The lowest BCUT2D eigenvalue weighted by Gasteiger charge is -2.50. The second kappa shape index (κ2) is 7.78. The number of benzene rings is 1. The Morgan fingerprint density at radius 1 is 1.03 bits per heavy atom. The number of nitrogens with zero attached hydrogens (tertiary/aromatic N) is 4. The molecule has 2 aromatic rings. The number of piperidine rings is 1. The third-order valence-electron chi connectivity index (χ3n) is 5.72. The maximum atomic E-state index is 13.1. The Labute approximate surface area is 166 Å². The van der Waals surface area contributed by atoms with Gasteiger partial charge in [-0.3, -0.25) is 4.90 Å². The fourth-order valence-corrected chi connectivity index (χ4v) is 4.23. The number of fused-ring (bicyclic) bond motifs is 1. The number of halogens is 4. The highest BCUT2D eigenvalue weighted by Gasteiger charge is 2.39. The monoisotopic (exact) mass is 410 g/mol. The minimum atomic E-state index is -4.35. The first-order valence-corrected chi connectivity index (χ1v) is 9.63. The minimum Gasteiger partial charge on any atom is -0.489 e. The molecule has 0 radical (unpaired) electrons. The Morgan fingerprint density at radius 2 is 1.72 bits per heavy atom. The largest absolute Gasteiger partial charge is 0.489 e. The lowest BCUT2D eigenvalue weighted by molar-refractivity contribution is -0.137. The number of hydrogen-bond acceptors (Lipinski definition) is 5. The number of piperazine rings is 1. The lowest BCUT2D eigenvalue weighted by Crippen LogP contribution is -2.62. The van der Waals surface area contributed by atoms with Crippen molar-refractivity contribution in [1.29, 1.82) is 0 Å². The van der Waals surface area contributed by atoms with E-state index in [1.807, 2.05) is 0 Å². The van der Waals surface area contributed by atoms with Crippen molar-refractivity contribution in [2.24, 2.45) is 0 Å². The molecule has 1 unspecified atom stereocenters. The molecule has 156 valence electrons. The van der Waals surface area contributed by atoms with Gasteiger partial charge in [-0.05, 0) is 44.0 Å². The standard InChI is InChI=1S/C20H22F4N4O/c1-13-18-7-6-17(29-16-4-2-14(3-5-16)20(22,23)24)12-27(18)8-9-28(13)19-25-10-15(21)11-26-19/h2-5,10-11,13,17-18H,6-9,12H2,1H3/t13?,17-,18+/m1/s1. The zero-order valence-electron chi connectivity index (χ0n) is 15.9. The summed E-state index contributed by atoms with van der Waals surface area (Å²) in [6.45, 7) is 4.34. The molecule has 4 rings (SSSR count). The average Bonchev–Trinajstić information content (AvgIpc) is 2.69. The normalized spacial score (nSPS) is 25.6. The van der Waals surface area contributed by atoms with E-state index in [9.17, 15) is 17.6 Å². The van der Waals surface area contributed by atoms with E-state index in [2.05, 4.69) is 26.7 Å². The van der Waals surface area contributed by atoms with Crippen molar-refractivity contribution in [2.75, 3.05) is 24.5 Å². The van der Waals surface area contributed by atoms with Gasteiger partial charge in [-0.15, -0.1) is 0 Å². The summed E-state index contributed by atoms with van der Waals surface area (Å²) in [5.41, 5.74) is -0.679. The summed E-state index contributed by atoms with van der Waals surface area (Å²) in [6, 6.07) is 5.31. The first-order valence-electron chi connectivity index (χ1n) is 9.63. The first kappa shape index (κ1) is 19.9. The third kappa shape index (κ3) is 4.29. The Hall–Kier alpha value is -2.42. The summed E-state index contributed by atoms with van der Waals surface area (Å²) in [7, 11) is 0. The molecule has 0 bridgehead atoms. The van der Waals surface area contributed by atoms with Crippen LogP contribution in [0, 0.1) is 5.82 Å². The Balaban J connectivity index is 1.37. The summed E-state index contributed by atoms with van der Waals surface area (Å²) in [5, 5.41) is 0. The van der Waals surface area contributed by atoms with Gasteiger partial charge in [0.15, 0.2) is 5.82 Å². The highest BCUT2D eigenvalue weighted by Crippen LogP contribution is 2.32. The fraction of sp³-hybridized carbons (Fsp3) is 0.500. The van der Waals surface area contributed by atoms with Crippen LogP contribution in [0.1, 0.15) is 25.3 Å². The van der Waals surface area contributed by atoms with Crippen molar-refractivity contribution < 1.29 is 22.3 Å². The van der Waals surface area contributed by atoms with Crippen LogP contribution in [0.2, 0.25) is 0 Å². The van der Waals surface area contributed by atoms with Crippen molar-refractivity contribution in [1.82, 2.24) is 14.9 Å². The second-order valence-corrected chi connectivity index (χ2v) is 7.54. The van der Waals surface area contributed by atoms with Gasteiger partial charge in [0.1, 0.15) is 11.9 Å². The molecule has 3 heterocycles. The number of alkyl halides is 3. The van der Waals surface area contributed by atoms with Crippen LogP contribution in [0.4, 0.5) is 23.5 Å². The Bertz CT molecular complexity index is 828. The molecule has 5 nitrogen and oxygen atoms in total. The molecular formula is C20H22F4N4O. The number of ether oxygens (including phenoxy) is 1. The van der Waals surface area contributed by atoms with Gasteiger partial charge in [-0.2, -0.15) is 13.2 Å². The molecule has 0 spiro atoms. The fourth-order valence-electron chi connectivity index (χ4n) is 4.23. The van der Waals surface area contributed by atoms with E-state index in [4.69, 9.17) is 4.74 Å². The van der Waals surface area contributed by atoms with Gasteiger partial charge in [0, 0.05) is 31.7 Å². The van der Waals surface area contributed by atoms with Crippen LogP contribution in [0.3, 0.4) is 0 Å². The Morgan fingerprint density at radius 3 is 2.38 bits per heavy atom. The molecule has 0 N–H and O–H groups in total. The van der Waals surface area contributed by atoms with Gasteiger partial charge >= 0.3 is 6.18 Å². The zero-order valence-corrected chi connectivity index (χ0v) is 15.9. The van der Waals surface area contributed by atoms with Crippen molar-refractivity contribution in [3.05, 3.63) is 48.0 Å². The van der Waals surface area contributed by atoms with E-state index in [0.717, 1.165) is 38.1 Å². The van der Waals surface area contributed by atoms with Crippen LogP contribution < -0.4 is 9.64 Å². The predicted molar refractivity (Wildman–Crippen MR) is 99.3 cm³/mol. The van der Waals surface area contributed by atoms with Gasteiger partial charge in [0.2, 0.25) is 5.95 Å². The molecule has 2 saturated heterocycles. The van der Waals surface area contributed by atoms with Gasteiger partial charge in [0.25, 0.3) is 0 Å². The lowest BCUT2D eigenvalue weighted by atomic mass is 9.92. The molecule has 0 aliphatic carbocycles. The molecule has 3 atom stereocenters. The van der Waals surface area contributed by atoms with Crippen LogP contribution >= 0.6 is 0 Å². The van der Waals surface area contributed by atoms with Crippen molar-refractivity contribution in [3.8, 4) is 5.75 Å². The van der Waals surface area contributed by atoms with E-state index in [1.165, 1.54) is 24.5 Å². The van der Waals surface area contributed by atoms with Gasteiger partial charge in [-0.25, -0.2) is 14.4 Å². The Kier molecular flexibility index (Phi) is 5.33. The summed E-state index contributed by atoms with van der Waals surface area (Å²) in [6.07, 6.45) is -0.356. The van der Waals surface area contributed by atoms with E-state index in [-0.39, 0.29) is 12.1 Å². The van der Waals surface area contributed by atoms with Gasteiger partial charge in [-0.1, -0.05) is 0 Å². The highest BCUT2D eigenvalue weighted by molar-refractivity contribution is 5.33. The summed E-state index contributed by atoms with van der Waals surface area (Å²) in [4.78, 5) is 12.6. The average molecular weight is 410 g/mol. The van der Waals surface area contributed by atoms with E-state index in [0.29, 0.717) is 24.3 Å². The highest BCUT2D eigenvalue weighted by atomic mass is 19.4. The second-order valence-electron chi connectivity index (χ2n) is 7.54. The van der Waals surface area contributed by atoms with Crippen LogP contribution in [0.15, 0.2) is 36.7 Å².